The second-order valence-corrected chi connectivity index (χ2v) is 7.22. The van der Waals surface area contributed by atoms with E-state index >= 15 is 0 Å². The fraction of sp³-hybridized carbons (Fsp3) is 0.250. The van der Waals surface area contributed by atoms with Gasteiger partial charge in [0.2, 0.25) is 0 Å². The molecule has 132 valence electrons. The lowest BCUT2D eigenvalue weighted by Crippen LogP contribution is -2.30. The molecule has 0 amide bonds. The van der Waals surface area contributed by atoms with Crippen LogP contribution in [0.3, 0.4) is 0 Å². The van der Waals surface area contributed by atoms with E-state index in [9.17, 15) is 8.78 Å². The number of halogens is 3. The van der Waals surface area contributed by atoms with Crippen LogP contribution in [-0.2, 0) is 13.5 Å². The lowest BCUT2D eigenvalue weighted by atomic mass is 10.1. The van der Waals surface area contributed by atoms with Gasteiger partial charge in [-0.2, -0.15) is 5.10 Å². The van der Waals surface area contributed by atoms with E-state index in [0.717, 1.165) is 16.6 Å². The molecule has 0 saturated heterocycles. The number of thiophene rings is 1. The van der Waals surface area contributed by atoms with E-state index in [1.807, 2.05) is 6.07 Å². The number of hydrogen-bond acceptors (Lipinski definition) is 5. The first kappa shape index (κ1) is 17.8. The molecule has 9 heteroatoms. The van der Waals surface area contributed by atoms with Crippen LogP contribution in [0.25, 0.3) is 11.4 Å². The molecule has 2 aromatic heterocycles. The van der Waals surface area contributed by atoms with Gasteiger partial charge in [0.15, 0.2) is 5.82 Å². The molecule has 0 aliphatic carbocycles. The number of benzene rings is 1. The van der Waals surface area contributed by atoms with Crippen LogP contribution in [0.5, 0.6) is 0 Å². The van der Waals surface area contributed by atoms with E-state index in [0.29, 0.717) is 28.7 Å². The molecule has 3 N–H and O–H groups in total. The van der Waals surface area contributed by atoms with E-state index in [4.69, 9.17) is 17.3 Å². The minimum absolute atomic E-state index is 0.191. The van der Waals surface area contributed by atoms with Gasteiger partial charge in [-0.3, -0.25) is 0 Å². The number of nitrogens with two attached hydrogens (primary N) is 1. The van der Waals surface area contributed by atoms with Crippen LogP contribution in [0.2, 0.25) is 4.34 Å². The van der Waals surface area contributed by atoms with E-state index < -0.39 is 11.6 Å². The van der Waals surface area contributed by atoms with Gasteiger partial charge in [0.1, 0.15) is 22.3 Å². The minimum Gasteiger partial charge on any atom is -0.373 e. The molecule has 1 aromatic carbocycles. The van der Waals surface area contributed by atoms with Gasteiger partial charge in [0, 0.05) is 25.7 Å². The zero-order valence-corrected chi connectivity index (χ0v) is 14.9. The van der Waals surface area contributed by atoms with Gasteiger partial charge in [-0.25, -0.2) is 18.4 Å². The predicted octanol–water partition coefficient (Wildman–Crippen LogP) is 3.46. The monoisotopic (exact) mass is 383 g/mol. The Labute approximate surface area is 152 Å². The highest BCUT2D eigenvalue weighted by molar-refractivity contribution is 7.20. The van der Waals surface area contributed by atoms with Crippen molar-refractivity contribution in [3.63, 3.8) is 0 Å². The smallest absolute Gasteiger partial charge is 0.160 e. The Bertz CT molecular complexity index is 859. The molecule has 0 spiro atoms. The third-order valence-electron chi connectivity index (χ3n) is 3.67. The van der Waals surface area contributed by atoms with Crippen molar-refractivity contribution < 1.29 is 8.78 Å². The van der Waals surface area contributed by atoms with E-state index in [-0.39, 0.29) is 6.04 Å². The topological polar surface area (TPSA) is 68.8 Å². The molecule has 1 atom stereocenters. The van der Waals surface area contributed by atoms with Gasteiger partial charge in [-0.05, 0) is 30.2 Å². The summed E-state index contributed by atoms with van der Waals surface area (Å²) >= 11 is 7.66. The summed E-state index contributed by atoms with van der Waals surface area (Å²) in [6.07, 6.45) is 1.84. The van der Waals surface area contributed by atoms with Crippen molar-refractivity contribution in [2.24, 2.45) is 12.8 Å². The molecule has 0 aliphatic heterocycles. The molecule has 0 aliphatic rings. The quantitative estimate of drug-likeness (QED) is 0.684. The normalized spacial score (nSPS) is 12.4. The fourth-order valence-electron chi connectivity index (χ4n) is 2.54. The second kappa shape index (κ2) is 7.47. The van der Waals surface area contributed by atoms with Crippen LogP contribution in [0.1, 0.15) is 5.56 Å². The highest BCUT2D eigenvalue weighted by Crippen LogP contribution is 2.37. The molecule has 25 heavy (non-hydrogen) atoms. The second-order valence-electron chi connectivity index (χ2n) is 5.56. The molecule has 0 unspecified atom stereocenters. The summed E-state index contributed by atoms with van der Waals surface area (Å²) < 4.78 is 28.9. The maximum atomic E-state index is 13.3. The summed E-state index contributed by atoms with van der Waals surface area (Å²) in [7, 11) is 1.78. The summed E-state index contributed by atoms with van der Waals surface area (Å²) in [5, 5.41) is 8.10. The number of anilines is 1. The zero-order valence-electron chi connectivity index (χ0n) is 13.3. The van der Waals surface area contributed by atoms with E-state index in [2.05, 4.69) is 15.4 Å². The van der Waals surface area contributed by atoms with Crippen LogP contribution in [0.4, 0.5) is 13.8 Å². The standard InChI is InChI=1S/C16H16ClF2N5S/c1-24-16(21-8-22-24)13-6-14(25-15(13)17)23-12(7-20)4-9-2-10(18)5-11(19)3-9/h2-3,5-6,8,12,23H,4,7,20H2,1H3/t12-/m0/s1. The molecular weight excluding hydrogens is 368 g/mol. The van der Waals surface area contributed by atoms with Crippen LogP contribution < -0.4 is 11.1 Å². The highest BCUT2D eigenvalue weighted by atomic mass is 35.5. The fourth-order valence-corrected chi connectivity index (χ4v) is 3.78. The third-order valence-corrected chi connectivity index (χ3v) is 4.96. The van der Waals surface area contributed by atoms with Crippen molar-refractivity contribution in [1.82, 2.24) is 14.8 Å². The van der Waals surface area contributed by atoms with E-state index in [1.165, 1.54) is 29.8 Å². The van der Waals surface area contributed by atoms with Crippen LogP contribution >= 0.6 is 22.9 Å². The van der Waals surface area contributed by atoms with Crippen molar-refractivity contribution in [2.75, 3.05) is 11.9 Å². The number of aromatic nitrogens is 3. The van der Waals surface area contributed by atoms with Gasteiger partial charge in [0.05, 0.1) is 10.6 Å². The van der Waals surface area contributed by atoms with Crippen molar-refractivity contribution in [3.05, 3.63) is 52.1 Å². The summed E-state index contributed by atoms with van der Waals surface area (Å²) in [5.74, 6) is -0.546. The Morgan fingerprint density at radius 3 is 2.60 bits per heavy atom. The average molecular weight is 384 g/mol. The first-order valence-corrected chi connectivity index (χ1v) is 8.71. The molecule has 0 saturated carbocycles. The van der Waals surface area contributed by atoms with Gasteiger partial charge in [-0.15, -0.1) is 11.3 Å². The largest absolute Gasteiger partial charge is 0.373 e. The molecule has 3 aromatic rings. The Kier molecular flexibility index (Phi) is 5.31. The van der Waals surface area contributed by atoms with Gasteiger partial charge in [0.25, 0.3) is 0 Å². The number of nitrogens with one attached hydrogen (secondary N) is 1. The summed E-state index contributed by atoms with van der Waals surface area (Å²) in [6, 6.07) is 5.13. The third kappa shape index (κ3) is 4.15. The lowest BCUT2D eigenvalue weighted by Gasteiger charge is -2.17. The predicted molar refractivity (Wildman–Crippen MR) is 95.9 cm³/mol. The van der Waals surface area contributed by atoms with Gasteiger partial charge in [-0.1, -0.05) is 11.6 Å². The maximum Gasteiger partial charge on any atom is 0.160 e. The molecule has 0 radical (unpaired) electrons. The Morgan fingerprint density at radius 2 is 2.00 bits per heavy atom. The highest BCUT2D eigenvalue weighted by Gasteiger charge is 2.16. The molecule has 3 rings (SSSR count). The van der Waals surface area contributed by atoms with Crippen molar-refractivity contribution in [2.45, 2.75) is 12.5 Å². The van der Waals surface area contributed by atoms with Crippen molar-refractivity contribution in [1.29, 1.82) is 0 Å². The minimum atomic E-state index is -0.602. The molecular formula is C16H16ClF2N5S. The first-order chi connectivity index (χ1) is 12.0. The molecule has 0 bridgehead atoms. The Hall–Kier alpha value is -2.03. The molecule has 2 heterocycles. The van der Waals surface area contributed by atoms with Crippen LogP contribution in [0.15, 0.2) is 30.6 Å². The lowest BCUT2D eigenvalue weighted by molar-refractivity contribution is 0.577. The van der Waals surface area contributed by atoms with Gasteiger partial charge >= 0.3 is 0 Å². The number of nitrogens with zero attached hydrogens (tertiary/aromatic N) is 3. The average Bonchev–Trinajstić information content (AvgIpc) is 3.11. The zero-order chi connectivity index (χ0) is 18.0. The van der Waals surface area contributed by atoms with Crippen LogP contribution in [-0.4, -0.2) is 27.4 Å². The number of hydrogen-bond donors (Lipinski definition) is 2. The summed E-state index contributed by atoms with van der Waals surface area (Å²) in [4.78, 5) is 4.18. The van der Waals surface area contributed by atoms with Crippen molar-refractivity contribution >= 4 is 27.9 Å². The summed E-state index contributed by atoms with van der Waals surface area (Å²) in [5.41, 5.74) is 7.11. The molecule has 5 nitrogen and oxygen atoms in total. The molecule has 0 fully saturated rings. The first-order valence-electron chi connectivity index (χ1n) is 7.51. The van der Waals surface area contributed by atoms with Gasteiger partial charge < -0.3 is 11.1 Å². The number of rotatable bonds is 6. The SMILES string of the molecule is Cn1ncnc1-c1cc(N[C@H](CN)Cc2cc(F)cc(F)c2)sc1Cl. The van der Waals surface area contributed by atoms with E-state index in [1.54, 1.807) is 11.7 Å². The number of aryl methyl sites for hydroxylation is 1. The Balaban J connectivity index is 1.77. The van der Waals surface area contributed by atoms with Crippen molar-refractivity contribution in [3.8, 4) is 11.4 Å². The summed E-state index contributed by atoms with van der Waals surface area (Å²) in [6.45, 7) is 0.299. The Morgan fingerprint density at radius 1 is 1.28 bits per heavy atom. The maximum absolute atomic E-state index is 13.3. The van der Waals surface area contributed by atoms with Crippen LogP contribution in [0, 0.1) is 11.6 Å².